The van der Waals surface area contributed by atoms with Gasteiger partial charge in [0.15, 0.2) is 9.84 Å². The Labute approximate surface area is 109 Å². The third-order valence-electron chi connectivity index (χ3n) is 3.17. The maximum atomic E-state index is 11.5. The fourth-order valence-electron chi connectivity index (χ4n) is 1.80. The van der Waals surface area contributed by atoms with Gasteiger partial charge in [0.1, 0.15) is 5.75 Å². The van der Waals surface area contributed by atoms with E-state index < -0.39 is 21.1 Å². The van der Waals surface area contributed by atoms with Crippen molar-refractivity contribution in [3.05, 3.63) is 29.3 Å². The minimum atomic E-state index is -3.12. The first-order chi connectivity index (χ1) is 8.25. The number of aryl methyl sites for hydroxylation is 1. The van der Waals surface area contributed by atoms with Gasteiger partial charge in [-0.2, -0.15) is 0 Å². The van der Waals surface area contributed by atoms with Gasteiger partial charge in [-0.05, 0) is 31.9 Å². The molecule has 2 N–H and O–H groups in total. The molecular weight excluding hydrogens is 250 g/mol. The standard InChI is InChI=1S/C13H21NO3S/c1-9-5-6-13(17-3)11(7-9)8-12(14)10(2)18(4,15)16/h5-7,10,12H,8,14H2,1-4H3. The molecule has 102 valence electrons. The summed E-state index contributed by atoms with van der Waals surface area (Å²) in [5.74, 6) is 0.747. The second-order valence-electron chi connectivity index (χ2n) is 4.72. The first kappa shape index (κ1) is 15.0. The molecule has 0 heterocycles. The number of ether oxygens (including phenoxy) is 1. The van der Waals surface area contributed by atoms with Crippen molar-refractivity contribution in [1.82, 2.24) is 0 Å². The molecular formula is C13H21NO3S. The number of nitrogens with two attached hydrogens (primary N) is 1. The van der Waals surface area contributed by atoms with E-state index in [9.17, 15) is 8.42 Å². The molecule has 1 rings (SSSR count). The summed E-state index contributed by atoms with van der Waals surface area (Å²) in [6.07, 6.45) is 1.70. The van der Waals surface area contributed by atoms with Gasteiger partial charge in [-0.15, -0.1) is 0 Å². The summed E-state index contributed by atoms with van der Waals surface area (Å²) >= 11 is 0. The maximum Gasteiger partial charge on any atom is 0.151 e. The number of methoxy groups -OCH3 is 1. The summed E-state index contributed by atoms with van der Waals surface area (Å²) < 4.78 is 28.2. The Balaban J connectivity index is 2.94. The Morgan fingerprint density at radius 3 is 2.50 bits per heavy atom. The van der Waals surface area contributed by atoms with Gasteiger partial charge in [0, 0.05) is 12.3 Å². The molecule has 1 aromatic carbocycles. The third kappa shape index (κ3) is 3.71. The molecule has 2 atom stereocenters. The van der Waals surface area contributed by atoms with Crippen LogP contribution in [0.4, 0.5) is 0 Å². The molecule has 0 radical (unpaired) electrons. The lowest BCUT2D eigenvalue weighted by Crippen LogP contribution is -2.39. The molecule has 1 aromatic rings. The molecule has 4 nitrogen and oxygen atoms in total. The molecule has 0 aliphatic carbocycles. The van der Waals surface area contributed by atoms with Gasteiger partial charge in [0.2, 0.25) is 0 Å². The summed E-state index contributed by atoms with van der Waals surface area (Å²) in [6, 6.07) is 5.38. The average molecular weight is 271 g/mol. The highest BCUT2D eigenvalue weighted by atomic mass is 32.2. The van der Waals surface area contributed by atoms with Gasteiger partial charge in [-0.1, -0.05) is 17.7 Å². The van der Waals surface area contributed by atoms with Gasteiger partial charge < -0.3 is 10.5 Å². The molecule has 0 aliphatic heterocycles. The van der Waals surface area contributed by atoms with E-state index in [-0.39, 0.29) is 0 Å². The van der Waals surface area contributed by atoms with Crippen LogP contribution in [0.3, 0.4) is 0 Å². The molecule has 0 saturated heterocycles. The molecule has 2 unspecified atom stereocenters. The van der Waals surface area contributed by atoms with Gasteiger partial charge in [0.25, 0.3) is 0 Å². The molecule has 0 fully saturated rings. The highest BCUT2D eigenvalue weighted by molar-refractivity contribution is 7.91. The monoisotopic (exact) mass is 271 g/mol. The average Bonchev–Trinajstić information content (AvgIpc) is 2.27. The largest absolute Gasteiger partial charge is 0.496 e. The maximum absolute atomic E-state index is 11.5. The van der Waals surface area contributed by atoms with Crippen molar-refractivity contribution in [1.29, 1.82) is 0 Å². The lowest BCUT2D eigenvalue weighted by atomic mass is 10.0. The van der Waals surface area contributed by atoms with Gasteiger partial charge in [-0.3, -0.25) is 0 Å². The summed E-state index contributed by atoms with van der Waals surface area (Å²) in [7, 11) is -1.52. The molecule has 0 saturated carbocycles. The summed E-state index contributed by atoms with van der Waals surface area (Å²) in [4.78, 5) is 0. The Bertz CT molecular complexity index is 511. The zero-order chi connectivity index (χ0) is 13.9. The lowest BCUT2D eigenvalue weighted by molar-refractivity contribution is 0.407. The Morgan fingerprint density at radius 2 is 2.00 bits per heavy atom. The highest BCUT2D eigenvalue weighted by Crippen LogP contribution is 2.22. The zero-order valence-corrected chi connectivity index (χ0v) is 12.1. The lowest BCUT2D eigenvalue weighted by Gasteiger charge is -2.19. The minimum absolute atomic E-state index is 0.435. The van der Waals surface area contributed by atoms with Crippen LogP contribution in [-0.2, 0) is 16.3 Å². The van der Waals surface area contributed by atoms with Gasteiger partial charge in [0.05, 0.1) is 12.4 Å². The highest BCUT2D eigenvalue weighted by Gasteiger charge is 2.23. The normalized spacial score (nSPS) is 15.2. The number of benzene rings is 1. The van der Waals surface area contributed by atoms with Crippen LogP contribution in [-0.4, -0.2) is 33.1 Å². The van der Waals surface area contributed by atoms with E-state index >= 15 is 0 Å². The first-order valence-corrected chi connectivity index (χ1v) is 7.79. The van der Waals surface area contributed by atoms with Crippen molar-refractivity contribution in [2.75, 3.05) is 13.4 Å². The second kappa shape index (κ2) is 5.71. The van der Waals surface area contributed by atoms with E-state index in [0.717, 1.165) is 16.9 Å². The van der Waals surface area contributed by atoms with Crippen molar-refractivity contribution in [3.8, 4) is 5.75 Å². The predicted molar refractivity (Wildman–Crippen MR) is 73.7 cm³/mol. The van der Waals surface area contributed by atoms with E-state index in [1.54, 1.807) is 14.0 Å². The van der Waals surface area contributed by atoms with Crippen LogP contribution in [0.1, 0.15) is 18.1 Å². The fourth-order valence-corrected chi connectivity index (χ4v) is 2.54. The summed E-state index contributed by atoms with van der Waals surface area (Å²) in [5.41, 5.74) is 8.02. The fraction of sp³-hybridized carbons (Fsp3) is 0.538. The third-order valence-corrected chi connectivity index (χ3v) is 4.87. The quantitative estimate of drug-likeness (QED) is 0.876. The van der Waals surface area contributed by atoms with Crippen LogP contribution < -0.4 is 10.5 Å². The van der Waals surface area contributed by atoms with Crippen LogP contribution in [0, 0.1) is 6.92 Å². The van der Waals surface area contributed by atoms with Crippen molar-refractivity contribution >= 4 is 9.84 Å². The summed E-state index contributed by atoms with van der Waals surface area (Å²) in [5, 5.41) is -0.567. The van der Waals surface area contributed by atoms with Crippen LogP contribution in [0.25, 0.3) is 0 Å². The Morgan fingerprint density at radius 1 is 1.39 bits per heavy atom. The van der Waals surface area contributed by atoms with Crippen LogP contribution in [0.5, 0.6) is 5.75 Å². The topological polar surface area (TPSA) is 69.4 Å². The number of hydrogen-bond donors (Lipinski definition) is 1. The SMILES string of the molecule is COc1ccc(C)cc1CC(N)C(C)S(C)(=O)=O. The summed E-state index contributed by atoms with van der Waals surface area (Å²) in [6.45, 7) is 3.62. The van der Waals surface area contributed by atoms with Crippen LogP contribution in [0.15, 0.2) is 18.2 Å². The minimum Gasteiger partial charge on any atom is -0.496 e. The molecule has 0 bridgehead atoms. The molecule has 0 aromatic heterocycles. The van der Waals surface area contributed by atoms with Crippen molar-refractivity contribution in [3.63, 3.8) is 0 Å². The molecule has 0 aliphatic rings. The number of sulfone groups is 1. The van der Waals surface area contributed by atoms with Crippen molar-refractivity contribution < 1.29 is 13.2 Å². The molecule has 18 heavy (non-hydrogen) atoms. The van der Waals surface area contributed by atoms with Crippen molar-refractivity contribution in [2.24, 2.45) is 5.73 Å². The van der Waals surface area contributed by atoms with E-state index in [2.05, 4.69) is 0 Å². The van der Waals surface area contributed by atoms with Crippen molar-refractivity contribution in [2.45, 2.75) is 31.6 Å². The van der Waals surface area contributed by atoms with E-state index in [0.29, 0.717) is 6.42 Å². The van der Waals surface area contributed by atoms with Gasteiger partial charge >= 0.3 is 0 Å². The zero-order valence-electron chi connectivity index (χ0n) is 11.3. The second-order valence-corrected chi connectivity index (χ2v) is 7.12. The molecule has 0 amide bonds. The van der Waals surface area contributed by atoms with Crippen LogP contribution in [0.2, 0.25) is 0 Å². The van der Waals surface area contributed by atoms with E-state index in [1.165, 1.54) is 6.26 Å². The van der Waals surface area contributed by atoms with Crippen LogP contribution >= 0.6 is 0 Å². The van der Waals surface area contributed by atoms with E-state index in [1.807, 2.05) is 25.1 Å². The Hall–Kier alpha value is -1.07. The van der Waals surface area contributed by atoms with E-state index in [4.69, 9.17) is 10.5 Å². The molecule has 0 spiro atoms. The molecule has 5 heteroatoms. The first-order valence-electron chi connectivity index (χ1n) is 5.83. The number of rotatable bonds is 5. The Kier molecular flexibility index (Phi) is 4.76. The van der Waals surface area contributed by atoms with Gasteiger partial charge in [-0.25, -0.2) is 8.42 Å². The smallest absolute Gasteiger partial charge is 0.151 e. The number of hydrogen-bond acceptors (Lipinski definition) is 4. The predicted octanol–water partition coefficient (Wildman–Crippen LogP) is 1.31.